The largest absolute Gasteiger partial charge is 0.440 e. The van der Waals surface area contributed by atoms with E-state index in [1.165, 1.54) is 6.20 Å². The van der Waals surface area contributed by atoms with Gasteiger partial charge in [0.15, 0.2) is 23.3 Å². The number of nitro groups is 1. The summed E-state index contributed by atoms with van der Waals surface area (Å²) in [6, 6.07) is 1.26. The molecule has 1 aromatic heterocycles. The first-order valence-electron chi connectivity index (χ1n) is 5.76. The van der Waals surface area contributed by atoms with E-state index in [1.54, 1.807) is 7.05 Å². The molecular formula is C12H11F2N3O3. The molecule has 106 valence electrons. The van der Waals surface area contributed by atoms with Crippen LogP contribution in [-0.2, 0) is 6.42 Å². The molecule has 0 atom stereocenters. The molecule has 2 rings (SSSR count). The van der Waals surface area contributed by atoms with E-state index in [-0.39, 0.29) is 11.3 Å². The molecule has 20 heavy (non-hydrogen) atoms. The summed E-state index contributed by atoms with van der Waals surface area (Å²) in [6.45, 7) is 0.611. The third kappa shape index (κ3) is 2.80. The molecule has 0 aliphatic carbocycles. The van der Waals surface area contributed by atoms with Gasteiger partial charge in [-0.25, -0.2) is 13.8 Å². The zero-order valence-corrected chi connectivity index (χ0v) is 10.5. The maximum atomic E-state index is 13.2. The van der Waals surface area contributed by atoms with E-state index in [2.05, 4.69) is 10.3 Å². The fourth-order valence-corrected chi connectivity index (χ4v) is 1.67. The Morgan fingerprint density at radius 1 is 1.40 bits per heavy atom. The van der Waals surface area contributed by atoms with Crippen LogP contribution in [0.5, 0.6) is 0 Å². The van der Waals surface area contributed by atoms with Crippen molar-refractivity contribution in [3.05, 3.63) is 46.0 Å². The van der Waals surface area contributed by atoms with Crippen LogP contribution in [0.2, 0.25) is 0 Å². The Labute approximate surface area is 112 Å². The molecule has 0 saturated heterocycles. The second-order valence-electron chi connectivity index (χ2n) is 4.01. The molecule has 0 radical (unpaired) electrons. The topological polar surface area (TPSA) is 81.2 Å². The summed E-state index contributed by atoms with van der Waals surface area (Å²) in [7, 11) is 1.75. The predicted molar refractivity (Wildman–Crippen MR) is 66.1 cm³/mol. The van der Waals surface area contributed by atoms with Crippen LogP contribution in [0.1, 0.15) is 5.89 Å². The fourth-order valence-electron chi connectivity index (χ4n) is 1.67. The molecule has 0 saturated carbocycles. The Morgan fingerprint density at radius 2 is 2.10 bits per heavy atom. The summed E-state index contributed by atoms with van der Waals surface area (Å²) >= 11 is 0. The lowest BCUT2D eigenvalue weighted by molar-refractivity contribution is -0.384. The minimum atomic E-state index is -1.28. The van der Waals surface area contributed by atoms with Crippen molar-refractivity contribution in [2.75, 3.05) is 13.6 Å². The van der Waals surface area contributed by atoms with E-state index in [0.29, 0.717) is 24.9 Å². The normalized spacial score (nSPS) is 10.8. The molecule has 8 heteroatoms. The summed E-state index contributed by atoms with van der Waals surface area (Å²) in [6.07, 6.45) is 1.73. The van der Waals surface area contributed by atoms with Gasteiger partial charge in [0, 0.05) is 13.0 Å². The van der Waals surface area contributed by atoms with Crippen LogP contribution >= 0.6 is 0 Å². The summed E-state index contributed by atoms with van der Waals surface area (Å²) in [5.41, 5.74) is -0.711. The van der Waals surface area contributed by atoms with Gasteiger partial charge in [0.2, 0.25) is 0 Å². The first-order chi connectivity index (χ1) is 9.52. The van der Waals surface area contributed by atoms with E-state index >= 15 is 0 Å². The molecule has 0 aliphatic heterocycles. The Balaban J connectivity index is 2.43. The molecule has 0 bridgehead atoms. The second-order valence-corrected chi connectivity index (χ2v) is 4.01. The maximum absolute atomic E-state index is 13.2. The monoisotopic (exact) mass is 283 g/mol. The number of nitro benzene ring substituents is 1. The number of benzene rings is 1. The van der Waals surface area contributed by atoms with Crippen molar-refractivity contribution in [2.24, 2.45) is 0 Å². The van der Waals surface area contributed by atoms with Crippen LogP contribution in [0.15, 0.2) is 22.7 Å². The van der Waals surface area contributed by atoms with Crippen molar-refractivity contribution in [3.63, 3.8) is 0 Å². The molecule has 2 aromatic rings. The Morgan fingerprint density at radius 3 is 2.75 bits per heavy atom. The zero-order chi connectivity index (χ0) is 14.7. The average molecular weight is 283 g/mol. The molecular weight excluding hydrogens is 272 g/mol. The Hall–Kier alpha value is -2.35. The number of likely N-dealkylation sites (N-methyl/N-ethyl adjacent to an activating group) is 1. The molecule has 0 aliphatic rings. The smallest absolute Gasteiger partial charge is 0.283 e. The molecule has 6 nitrogen and oxygen atoms in total. The maximum Gasteiger partial charge on any atom is 0.283 e. The first-order valence-corrected chi connectivity index (χ1v) is 5.76. The number of halogens is 2. The van der Waals surface area contributed by atoms with Crippen molar-refractivity contribution >= 4 is 5.69 Å². The lowest BCUT2D eigenvalue weighted by Crippen LogP contribution is -2.10. The summed E-state index contributed by atoms with van der Waals surface area (Å²) in [5.74, 6) is -2.08. The number of hydrogen-bond acceptors (Lipinski definition) is 5. The van der Waals surface area contributed by atoms with Gasteiger partial charge in [-0.3, -0.25) is 10.1 Å². The number of oxazole rings is 1. The van der Waals surface area contributed by atoms with Crippen LogP contribution in [0.25, 0.3) is 11.3 Å². The van der Waals surface area contributed by atoms with Crippen LogP contribution < -0.4 is 5.32 Å². The molecule has 0 amide bonds. The van der Waals surface area contributed by atoms with E-state index in [9.17, 15) is 18.9 Å². The minimum Gasteiger partial charge on any atom is -0.440 e. The van der Waals surface area contributed by atoms with E-state index in [4.69, 9.17) is 4.42 Å². The van der Waals surface area contributed by atoms with Gasteiger partial charge in [-0.15, -0.1) is 0 Å². The quantitative estimate of drug-likeness (QED) is 0.672. The standard InChI is InChI=1S/C12H11F2N3O3/c1-15-3-2-12-16-6-11(20-12)7-4-8(13)9(14)5-10(7)17(18)19/h4-6,15H,2-3H2,1H3. The van der Waals surface area contributed by atoms with E-state index in [1.807, 2.05) is 0 Å². The number of nitrogens with zero attached hydrogens (tertiary/aromatic N) is 2. The average Bonchev–Trinajstić information content (AvgIpc) is 2.87. The number of nitrogens with one attached hydrogen (secondary N) is 1. The van der Waals surface area contributed by atoms with Gasteiger partial charge in [-0.2, -0.15) is 0 Å². The van der Waals surface area contributed by atoms with Gasteiger partial charge in [0.1, 0.15) is 0 Å². The highest BCUT2D eigenvalue weighted by molar-refractivity contribution is 5.69. The van der Waals surface area contributed by atoms with Crippen molar-refractivity contribution in [1.82, 2.24) is 10.3 Å². The molecule has 0 unspecified atom stereocenters. The van der Waals surface area contributed by atoms with Gasteiger partial charge >= 0.3 is 0 Å². The van der Waals surface area contributed by atoms with Gasteiger partial charge in [0.05, 0.1) is 22.7 Å². The van der Waals surface area contributed by atoms with Crippen molar-refractivity contribution in [1.29, 1.82) is 0 Å². The van der Waals surface area contributed by atoms with Crippen LogP contribution in [0.4, 0.5) is 14.5 Å². The predicted octanol–water partition coefficient (Wildman–Crippen LogP) is 2.29. The van der Waals surface area contributed by atoms with E-state index < -0.39 is 22.2 Å². The summed E-state index contributed by atoms with van der Waals surface area (Å²) in [5, 5.41) is 13.8. The molecule has 1 heterocycles. The van der Waals surface area contributed by atoms with Crippen molar-refractivity contribution < 1.29 is 18.1 Å². The third-order valence-electron chi connectivity index (χ3n) is 2.64. The van der Waals surface area contributed by atoms with Crippen LogP contribution in [0, 0.1) is 21.7 Å². The van der Waals surface area contributed by atoms with Crippen LogP contribution in [0.3, 0.4) is 0 Å². The molecule has 1 aromatic carbocycles. The van der Waals surface area contributed by atoms with Crippen molar-refractivity contribution in [3.8, 4) is 11.3 Å². The van der Waals surface area contributed by atoms with Crippen molar-refractivity contribution in [2.45, 2.75) is 6.42 Å². The fraction of sp³-hybridized carbons (Fsp3) is 0.250. The van der Waals surface area contributed by atoms with E-state index in [0.717, 1.165) is 6.07 Å². The highest BCUT2D eigenvalue weighted by atomic mass is 19.2. The second kappa shape index (κ2) is 5.74. The molecule has 0 fully saturated rings. The lowest BCUT2D eigenvalue weighted by Gasteiger charge is -2.01. The minimum absolute atomic E-state index is 0.0294. The number of rotatable bonds is 5. The first kappa shape index (κ1) is 14.1. The highest BCUT2D eigenvalue weighted by Gasteiger charge is 2.22. The molecule has 1 N–H and O–H groups in total. The zero-order valence-electron chi connectivity index (χ0n) is 10.5. The van der Waals surface area contributed by atoms with Crippen LogP contribution in [-0.4, -0.2) is 23.5 Å². The van der Waals surface area contributed by atoms with Gasteiger partial charge < -0.3 is 9.73 Å². The SMILES string of the molecule is CNCCc1ncc(-c2cc(F)c(F)cc2[N+](=O)[O-])o1. The Kier molecular flexibility index (Phi) is 4.04. The molecule has 0 spiro atoms. The summed E-state index contributed by atoms with van der Waals surface area (Å²) in [4.78, 5) is 14.0. The van der Waals surface area contributed by atoms with Gasteiger partial charge in [-0.05, 0) is 13.1 Å². The Bertz CT molecular complexity index is 643. The lowest BCUT2D eigenvalue weighted by atomic mass is 10.1. The van der Waals surface area contributed by atoms with Gasteiger partial charge in [0.25, 0.3) is 5.69 Å². The summed E-state index contributed by atoms with van der Waals surface area (Å²) < 4.78 is 31.6. The highest BCUT2D eigenvalue weighted by Crippen LogP contribution is 2.32. The third-order valence-corrected chi connectivity index (χ3v) is 2.64. The number of aromatic nitrogens is 1. The number of hydrogen-bond donors (Lipinski definition) is 1. The van der Waals surface area contributed by atoms with Gasteiger partial charge in [-0.1, -0.05) is 0 Å².